The first-order valence-electron chi connectivity index (χ1n) is 5.98. The summed E-state index contributed by atoms with van der Waals surface area (Å²) >= 11 is 0. The summed E-state index contributed by atoms with van der Waals surface area (Å²) in [6.45, 7) is 2.67. The van der Waals surface area contributed by atoms with Crippen molar-refractivity contribution in [2.75, 3.05) is 30.9 Å². The first-order chi connectivity index (χ1) is 8.65. The van der Waals surface area contributed by atoms with E-state index < -0.39 is 0 Å². The topological polar surface area (TPSA) is 84.6 Å². The van der Waals surface area contributed by atoms with E-state index >= 15 is 0 Å². The van der Waals surface area contributed by atoms with Crippen molar-refractivity contribution in [2.45, 2.75) is 19.8 Å². The van der Waals surface area contributed by atoms with E-state index in [1.165, 1.54) is 0 Å². The predicted molar refractivity (Wildman–Crippen MR) is 71.4 cm³/mol. The van der Waals surface area contributed by atoms with Crippen LogP contribution in [0.15, 0.2) is 18.2 Å². The summed E-state index contributed by atoms with van der Waals surface area (Å²) < 4.78 is 5.08. The highest BCUT2D eigenvalue weighted by molar-refractivity contribution is 5.92. The van der Waals surface area contributed by atoms with Crippen LogP contribution in [0.5, 0.6) is 0 Å². The molecule has 100 valence electrons. The Balaban J connectivity index is 2.34. The average Bonchev–Trinajstić information content (AvgIpc) is 2.35. The van der Waals surface area contributed by atoms with E-state index in [0.29, 0.717) is 31.7 Å². The van der Waals surface area contributed by atoms with Crippen LogP contribution in [0.2, 0.25) is 0 Å². The Morgan fingerprint density at radius 3 is 2.94 bits per heavy atom. The minimum Gasteiger partial charge on any atom is -0.398 e. The lowest BCUT2D eigenvalue weighted by molar-refractivity contribution is -0.116. The molecule has 18 heavy (non-hydrogen) atoms. The molecule has 0 aliphatic heterocycles. The van der Waals surface area contributed by atoms with Crippen LogP contribution in [0.25, 0.3) is 0 Å². The molecule has 0 aliphatic carbocycles. The molecule has 1 aromatic rings. The van der Waals surface area contributed by atoms with Crippen molar-refractivity contribution in [2.24, 2.45) is 0 Å². The molecule has 1 amide bonds. The smallest absolute Gasteiger partial charge is 0.224 e. The minimum atomic E-state index is -0.0590. The molecule has 5 nitrogen and oxygen atoms in total. The molecule has 0 spiro atoms. The summed E-state index contributed by atoms with van der Waals surface area (Å²) in [4.78, 5) is 11.7. The van der Waals surface area contributed by atoms with Gasteiger partial charge < -0.3 is 20.9 Å². The highest BCUT2D eigenvalue weighted by atomic mass is 16.5. The number of nitrogen functional groups attached to an aromatic ring is 1. The maximum Gasteiger partial charge on any atom is 0.224 e. The molecule has 0 heterocycles. The maximum absolute atomic E-state index is 11.7. The van der Waals surface area contributed by atoms with E-state index in [1.807, 2.05) is 19.1 Å². The summed E-state index contributed by atoms with van der Waals surface area (Å²) in [6.07, 6.45) is 1.02. The molecule has 0 aromatic heterocycles. The van der Waals surface area contributed by atoms with Crippen molar-refractivity contribution in [1.29, 1.82) is 0 Å². The number of aliphatic hydroxyl groups is 1. The molecule has 1 aromatic carbocycles. The predicted octanol–water partition coefficient (Wildman–Crippen LogP) is 1.30. The number of amides is 1. The van der Waals surface area contributed by atoms with Gasteiger partial charge in [0.25, 0.3) is 0 Å². The van der Waals surface area contributed by atoms with Crippen LogP contribution >= 0.6 is 0 Å². The molecule has 0 fully saturated rings. The second kappa shape index (κ2) is 7.68. The van der Waals surface area contributed by atoms with Gasteiger partial charge in [-0.2, -0.15) is 0 Å². The number of carbonyl (C=O) groups excluding carboxylic acids is 1. The Bertz CT molecular complexity index is 394. The molecule has 0 aliphatic rings. The van der Waals surface area contributed by atoms with Gasteiger partial charge in [-0.05, 0) is 31.0 Å². The third-order valence-corrected chi connectivity index (χ3v) is 2.58. The molecule has 5 heteroatoms. The lowest BCUT2D eigenvalue weighted by Crippen LogP contribution is -2.13. The fourth-order valence-corrected chi connectivity index (χ4v) is 1.50. The summed E-state index contributed by atoms with van der Waals surface area (Å²) in [7, 11) is 0. The molecule has 0 saturated heterocycles. The van der Waals surface area contributed by atoms with Crippen molar-refractivity contribution in [3.8, 4) is 0 Å². The van der Waals surface area contributed by atoms with Crippen LogP contribution in [0.1, 0.15) is 18.4 Å². The molecular formula is C13H20N2O3. The van der Waals surface area contributed by atoms with Crippen LogP contribution in [0, 0.1) is 6.92 Å². The van der Waals surface area contributed by atoms with Crippen molar-refractivity contribution in [3.63, 3.8) is 0 Å². The minimum absolute atomic E-state index is 0.00861. The summed E-state index contributed by atoms with van der Waals surface area (Å²) in [5.41, 5.74) is 8.05. The molecule has 0 unspecified atom stereocenters. The Morgan fingerprint density at radius 1 is 1.44 bits per heavy atom. The van der Waals surface area contributed by atoms with Gasteiger partial charge in [0.05, 0.1) is 13.2 Å². The number of hydrogen-bond donors (Lipinski definition) is 3. The molecule has 4 N–H and O–H groups in total. The lowest BCUT2D eigenvalue weighted by Gasteiger charge is -2.10. The second-order valence-corrected chi connectivity index (χ2v) is 4.01. The maximum atomic E-state index is 11.7. The van der Waals surface area contributed by atoms with Gasteiger partial charge in [0.2, 0.25) is 5.91 Å². The monoisotopic (exact) mass is 252 g/mol. The zero-order chi connectivity index (χ0) is 13.4. The number of hydrogen-bond acceptors (Lipinski definition) is 4. The number of carbonyl (C=O) groups is 1. The van der Waals surface area contributed by atoms with E-state index in [4.69, 9.17) is 15.6 Å². The van der Waals surface area contributed by atoms with E-state index in [2.05, 4.69) is 5.32 Å². The molecule has 1 rings (SSSR count). The van der Waals surface area contributed by atoms with Gasteiger partial charge in [0, 0.05) is 24.4 Å². The Hall–Kier alpha value is -1.59. The fraction of sp³-hybridized carbons (Fsp3) is 0.462. The summed E-state index contributed by atoms with van der Waals surface area (Å²) in [6, 6.07) is 5.43. The SMILES string of the molecule is Cc1c(N)cccc1NC(=O)CCCOCCO. The van der Waals surface area contributed by atoms with E-state index in [0.717, 1.165) is 11.3 Å². The number of aliphatic hydroxyl groups excluding tert-OH is 1. The fourth-order valence-electron chi connectivity index (χ4n) is 1.50. The highest BCUT2D eigenvalue weighted by Crippen LogP contribution is 2.20. The van der Waals surface area contributed by atoms with E-state index in [1.54, 1.807) is 6.07 Å². The normalized spacial score (nSPS) is 10.3. The third-order valence-electron chi connectivity index (χ3n) is 2.58. The van der Waals surface area contributed by atoms with E-state index in [9.17, 15) is 4.79 Å². The first kappa shape index (κ1) is 14.5. The Kier molecular flexibility index (Phi) is 6.18. The van der Waals surface area contributed by atoms with Gasteiger partial charge in [-0.25, -0.2) is 0 Å². The standard InChI is InChI=1S/C13H20N2O3/c1-10-11(14)4-2-5-12(10)15-13(17)6-3-8-18-9-7-16/h2,4-5,16H,3,6-9,14H2,1H3,(H,15,17). The van der Waals surface area contributed by atoms with Gasteiger partial charge in [-0.1, -0.05) is 6.07 Å². The lowest BCUT2D eigenvalue weighted by atomic mass is 10.1. The second-order valence-electron chi connectivity index (χ2n) is 4.01. The largest absolute Gasteiger partial charge is 0.398 e. The first-order valence-corrected chi connectivity index (χ1v) is 5.98. The van der Waals surface area contributed by atoms with Crippen LogP contribution in [-0.2, 0) is 9.53 Å². The van der Waals surface area contributed by atoms with Crippen LogP contribution < -0.4 is 11.1 Å². The van der Waals surface area contributed by atoms with Crippen LogP contribution in [-0.4, -0.2) is 30.8 Å². The van der Waals surface area contributed by atoms with Crippen LogP contribution in [0.4, 0.5) is 11.4 Å². The highest BCUT2D eigenvalue weighted by Gasteiger charge is 2.05. The van der Waals surface area contributed by atoms with Crippen LogP contribution in [0.3, 0.4) is 0 Å². The Labute approximate surface area is 107 Å². The number of benzene rings is 1. The van der Waals surface area contributed by atoms with Gasteiger partial charge in [0.1, 0.15) is 0 Å². The Morgan fingerprint density at radius 2 is 2.22 bits per heavy atom. The summed E-state index contributed by atoms with van der Waals surface area (Å²) in [5.74, 6) is -0.0590. The number of ether oxygens (including phenoxy) is 1. The molecule has 0 bridgehead atoms. The van der Waals surface area contributed by atoms with Crippen molar-refractivity contribution >= 4 is 17.3 Å². The third kappa shape index (κ3) is 4.73. The number of nitrogens with one attached hydrogen (secondary N) is 1. The molecule has 0 radical (unpaired) electrons. The number of rotatable bonds is 7. The van der Waals surface area contributed by atoms with Crippen molar-refractivity contribution in [3.05, 3.63) is 23.8 Å². The van der Waals surface area contributed by atoms with Crippen molar-refractivity contribution in [1.82, 2.24) is 0 Å². The zero-order valence-electron chi connectivity index (χ0n) is 10.6. The van der Waals surface area contributed by atoms with E-state index in [-0.39, 0.29) is 12.5 Å². The summed E-state index contributed by atoms with van der Waals surface area (Å²) in [5, 5.41) is 11.3. The molecular weight excluding hydrogens is 232 g/mol. The van der Waals surface area contributed by atoms with Gasteiger partial charge >= 0.3 is 0 Å². The van der Waals surface area contributed by atoms with Gasteiger partial charge in [-0.3, -0.25) is 4.79 Å². The number of anilines is 2. The number of nitrogens with two attached hydrogens (primary N) is 1. The quantitative estimate of drug-likeness (QED) is 0.504. The average molecular weight is 252 g/mol. The molecule has 0 atom stereocenters. The van der Waals surface area contributed by atoms with Crippen molar-refractivity contribution < 1.29 is 14.6 Å². The zero-order valence-corrected chi connectivity index (χ0v) is 10.6. The molecule has 0 saturated carbocycles. The van der Waals surface area contributed by atoms with Gasteiger partial charge in [0.15, 0.2) is 0 Å². The van der Waals surface area contributed by atoms with Gasteiger partial charge in [-0.15, -0.1) is 0 Å².